The zero-order valence-corrected chi connectivity index (χ0v) is 17.0. The summed E-state index contributed by atoms with van der Waals surface area (Å²) in [6, 6.07) is 15.0. The monoisotopic (exact) mass is 430 g/mol. The first-order chi connectivity index (χ1) is 14.5. The fraction of sp³-hybridized carbons (Fsp3) is 0.143. The minimum Gasteiger partial charge on any atom is -0.497 e. The van der Waals surface area contributed by atoms with Gasteiger partial charge >= 0.3 is 5.97 Å². The highest BCUT2D eigenvalue weighted by Crippen LogP contribution is 2.23. The van der Waals surface area contributed by atoms with Crippen LogP contribution < -0.4 is 19.9 Å². The van der Waals surface area contributed by atoms with E-state index in [4.69, 9.17) is 40.8 Å². The molecule has 0 spiro atoms. The predicted octanol–water partition coefficient (Wildman–Crippen LogP) is 4.01. The van der Waals surface area contributed by atoms with Crippen LogP contribution in [0.4, 0.5) is 0 Å². The summed E-state index contributed by atoms with van der Waals surface area (Å²) in [6.07, 6.45) is 0. The third kappa shape index (κ3) is 5.24. The number of ether oxygens (including phenoxy) is 3. The quantitative estimate of drug-likeness (QED) is 0.249. The number of carbonyl (C=O) groups is 1. The van der Waals surface area contributed by atoms with Gasteiger partial charge in [0, 0.05) is 5.02 Å². The van der Waals surface area contributed by atoms with E-state index in [1.807, 2.05) is 0 Å². The minimum absolute atomic E-state index is 0.0436. The van der Waals surface area contributed by atoms with Crippen LogP contribution in [0.1, 0.15) is 21.9 Å². The topological polar surface area (TPSA) is 106 Å². The molecule has 0 atom stereocenters. The molecule has 2 aromatic carbocycles. The number of hydrogen-bond donors (Lipinski definition) is 1. The first kappa shape index (κ1) is 21.1. The predicted molar refractivity (Wildman–Crippen MR) is 110 cm³/mol. The van der Waals surface area contributed by atoms with Crippen molar-refractivity contribution in [3.05, 3.63) is 76.7 Å². The Morgan fingerprint density at radius 2 is 1.77 bits per heavy atom. The summed E-state index contributed by atoms with van der Waals surface area (Å²) in [5.41, 5.74) is 6.27. The van der Waals surface area contributed by atoms with Crippen LogP contribution in [0.25, 0.3) is 0 Å². The molecule has 0 aliphatic rings. The first-order valence-electron chi connectivity index (χ1n) is 8.74. The van der Waals surface area contributed by atoms with Gasteiger partial charge in [0.1, 0.15) is 29.6 Å². The second-order valence-electron chi connectivity index (χ2n) is 5.93. The van der Waals surface area contributed by atoms with Crippen LogP contribution in [0, 0.1) is 0 Å². The van der Waals surface area contributed by atoms with Gasteiger partial charge in [-0.1, -0.05) is 16.8 Å². The van der Waals surface area contributed by atoms with Gasteiger partial charge in [0.15, 0.2) is 5.84 Å². The van der Waals surface area contributed by atoms with Gasteiger partial charge in [-0.15, -0.1) is 0 Å². The molecule has 2 N–H and O–H groups in total. The van der Waals surface area contributed by atoms with E-state index >= 15 is 0 Å². The molecule has 1 heterocycles. The van der Waals surface area contributed by atoms with Gasteiger partial charge in [0.25, 0.3) is 0 Å². The van der Waals surface area contributed by atoms with Crippen LogP contribution in [-0.4, -0.2) is 26.0 Å². The van der Waals surface area contributed by atoms with Gasteiger partial charge in [0.2, 0.25) is 5.76 Å². The average molecular weight is 431 g/mol. The molecule has 0 saturated carbocycles. The normalized spacial score (nSPS) is 11.1. The standard InChI is InChI=1S/C21H19ClN2O6/c1-26-14-4-6-15(7-5-14)28-12-16-8-10-19(29-16)21(25)30-24-20(23)17-11-13(22)3-9-18(17)27-2/h3-11H,12H2,1-2H3,(H2,23,24). The lowest BCUT2D eigenvalue weighted by Crippen LogP contribution is -2.16. The number of oxime groups is 1. The molecule has 0 aliphatic heterocycles. The Balaban J connectivity index is 1.60. The zero-order valence-electron chi connectivity index (χ0n) is 16.3. The Kier molecular flexibility index (Phi) is 6.82. The molecule has 0 aliphatic carbocycles. The number of methoxy groups -OCH3 is 2. The molecule has 0 radical (unpaired) electrons. The Morgan fingerprint density at radius 3 is 2.47 bits per heavy atom. The van der Waals surface area contributed by atoms with Crippen molar-refractivity contribution in [3.63, 3.8) is 0 Å². The van der Waals surface area contributed by atoms with E-state index < -0.39 is 5.97 Å². The van der Waals surface area contributed by atoms with Gasteiger partial charge in [0.05, 0.1) is 19.8 Å². The van der Waals surface area contributed by atoms with Gasteiger partial charge in [-0.2, -0.15) is 0 Å². The summed E-state index contributed by atoms with van der Waals surface area (Å²) >= 11 is 5.96. The molecule has 0 unspecified atom stereocenters. The van der Waals surface area contributed by atoms with E-state index in [1.165, 1.54) is 13.2 Å². The summed E-state index contributed by atoms with van der Waals surface area (Å²) in [5.74, 6) is 1.30. The van der Waals surface area contributed by atoms with Gasteiger partial charge in [-0.25, -0.2) is 4.79 Å². The Labute approximate surface area is 177 Å². The van der Waals surface area contributed by atoms with E-state index in [9.17, 15) is 4.79 Å². The molecule has 0 amide bonds. The van der Waals surface area contributed by atoms with Crippen molar-refractivity contribution in [2.75, 3.05) is 14.2 Å². The van der Waals surface area contributed by atoms with Gasteiger partial charge < -0.3 is 29.2 Å². The summed E-state index contributed by atoms with van der Waals surface area (Å²) < 4.78 is 21.3. The lowest BCUT2D eigenvalue weighted by Gasteiger charge is -2.07. The minimum atomic E-state index is -0.811. The largest absolute Gasteiger partial charge is 0.497 e. The Hall–Kier alpha value is -3.65. The lowest BCUT2D eigenvalue weighted by atomic mass is 10.2. The maximum atomic E-state index is 12.2. The highest BCUT2D eigenvalue weighted by Gasteiger charge is 2.15. The van der Waals surface area contributed by atoms with Crippen LogP contribution in [0.5, 0.6) is 17.2 Å². The van der Waals surface area contributed by atoms with Gasteiger partial charge in [-0.3, -0.25) is 0 Å². The van der Waals surface area contributed by atoms with Crippen LogP contribution in [-0.2, 0) is 11.4 Å². The van der Waals surface area contributed by atoms with E-state index in [-0.39, 0.29) is 18.2 Å². The highest BCUT2D eigenvalue weighted by molar-refractivity contribution is 6.31. The van der Waals surface area contributed by atoms with Crippen molar-refractivity contribution >= 4 is 23.4 Å². The van der Waals surface area contributed by atoms with Crippen LogP contribution >= 0.6 is 11.6 Å². The third-order valence-electron chi connectivity index (χ3n) is 3.97. The summed E-state index contributed by atoms with van der Waals surface area (Å²) in [7, 11) is 3.06. The molecular weight excluding hydrogens is 412 g/mol. The van der Waals surface area contributed by atoms with Crippen molar-refractivity contribution < 1.29 is 28.3 Å². The molecule has 0 saturated heterocycles. The number of hydrogen-bond acceptors (Lipinski definition) is 7. The fourth-order valence-corrected chi connectivity index (χ4v) is 2.63. The van der Waals surface area contributed by atoms with Crippen LogP contribution in [0.15, 0.2) is 64.2 Å². The molecule has 0 fully saturated rings. The number of furan rings is 1. The summed E-state index contributed by atoms with van der Waals surface area (Å²) in [5, 5.41) is 4.08. The van der Waals surface area contributed by atoms with E-state index in [1.54, 1.807) is 55.6 Å². The molecular formula is C21H19ClN2O6. The van der Waals surface area contributed by atoms with E-state index in [2.05, 4.69) is 5.16 Å². The van der Waals surface area contributed by atoms with Crippen molar-refractivity contribution in [1.29, 1.82) is 0 Å². The molecule has 0 bridgehead atoms. The van der Waals surface area contributed by atoms with Crippen LogP contribution in [0.2, 0.25) is 5.02 Å². The number of carbonyl (C=O) groups excluding carboxylic acids is 1. The van der Waals surface area contributed by atoms with Crippen molar-refractivity contribution in [3.8, 4) is 17.2 Å². The lowest BCUT2D eigenvalue weighted by molar-refractivity contribution is 0.0475. The van der Waals surface area contributed by atoms with Crippen LogP contribution in [0.3, 0.4) is 0 Å². The van der Waals surface area contributed by atoms with E-state index in [0.717, 1.165) is 5.75 Å². The number of nitrogens with two attached hydrogens (primary N) is 1. The second kappa shape index (κ2) is 9.71. The average Bonchev–Trinajstić information content (AvgIpc) is 3.25. The molecule has 3 rings (SSSR count). The summed E-state index contributed by atoms with van der Waals surface area (Å²) in [4.78, 5) is 17.0. The molecule has 30 heavy (non-hydrogen) atoms. The number of benzene rings is 2. The molecule has 3 aromatic rings. The number of amidine groups is 1. The maximum absolute atomic E-state index is 12.2. The van der Waals surface area contributed by atoms with Crippen molar-refractivity contribution in [2.24, 2.45) is 10.9 Å². The SMILES string of the molecule is COc1ccc(OCc2ccc(C(=O)O/N=C(\N)c3cc(Cl)ccc3OC)o2)cc1. The third-order valence-corrected chi connectivity index (χ3v) is 4.20. The zero-order chi connectivity index (χ0) is 21.5. The van der Waals surface area contributed by atoms with Gasteiger partial charge in [-0.05, 0) is 54.6 Å². The molecule has 8 nitrogen and oxygen atoms in total. The smallest absolute Gasteiger partial charge is 0.400 e. The second-order valence-corrected chi connectivity index (χ2v) is 6.37. The maximum Gasteiger partial charge on any atom is 0.400 e. The highest BCUT2D eigenvalue weighted by atomic mass is 35.5. The number of rotatable bonds is 8. The Morgan fingerprint density at radius 1 is 1.03 bits per heavy atom. The molecule has 9 heteroatoms. The first-order valence-corrected chi connectivity index (χ1v) is 9.12. The number of nitrogens with zero attached hydrogens (tertiary/aromatic N) is 1. The van der Waals surface area contributed by atoms with Crippen molar-refractivity contribution in [2.45, 2.75) is 6.61 Å². The number of halogens is 1. The van der Waals surface area contributed by atoms with Crippen molar-refractivity contribution in [1.82, 2.24) is 0 Å². The molecule has 156 valence electrons. The fourth-order valence-electron chi connectivity index (χ4n) is 2.46. The Bertz CT molecular complexity index is 1050. The summed E-state index contributed by atoms with van der Waals surface area (Å²) in [6.45, 7) is 0.130. The van der Waals surface area contributed by atoms with E-state index in [0.29, 0.717) is 27.8 Å². The molecule has 1 aromatic heterocycles.